The molecule has 2 amide bonds. The number of urea groups is 1. The zero-order chi connectivity index (χ0) is 9.26. The van der Waals surface area contributed by atoms with Crippen molar-refractivity contribution in [3.05, 3.63) is 0 Å². The Kier molecular flexibility index (Phi) is 2.40. The third-order valence-corrected chi connectivity index (χ3v) is 2.84. The van der Waals surface area contributed by atoms with E-state index in [0.29, 0.717) is 0 Å². The van der Waals surface area contributed by atoms with Gasteiger partial charge in [-0.15, -0.1) is 0 Å². The van der Waals surface area contributed by atoms with E-state index in [1.165, 1.54) is 12.8 Å². The lowest BCUT2D eigenvalue weighted by molar-refractivity contribution is 0.207. The maximum Gasteiger partial charge on any atom is 0.317 e. The van der Waals surface area contributed by atoms with Gasteiger partial charge in [0.1, 0.15) is 0 Å². The topological polar surface area (TPSA) is 35.6 Å². The Balaban J connectivity index is 1.68. The fourth-order valence-corrected chi connectivity index (χ4v) is 1.70. The Bertz CT molecular complexity index is 203. The molecule has 4 heteroatoms. The van der Waals surface area contributed by atoms with Crippen molar-refractivity contribution in [1.29, 1.82) is 0 Å². The van der Waals surface area contributed by atoms with Gasteiger partial charge in [0.05, 0.1) is 0 Å². The van der Waals surface area contributed by atoms with Gasteiger partial charge >= 0.3 is 6.03 Å². The van der Waals surface area contributed by atoms with E-state index >= 15 is 0 Å². The average Bonchev–Trinajstić information content (AvgIpc) is 2.88. The number of hydrogen-bond acceptors (Lipinski definition) is 2. The molecular formula is C9H17N3O. The van der Waals surface area contributed by atoms with Crippen LogP contribution in [0.3, 0.4) is 0 Å². The normalized spacial score (nSPS) is 22.6. The third kappa shape index (κ3) is 2.12. The van der Waals surface area contributed by atoms with E-state index in [1.807, 2.05) is 4.90 Å². The Morgan fingerprint density at radius 2 is 2.38 bits per heavy atom. The average molecular weight is 183 g/mol. The van der Waals surface area contributed by atoms with Crippen molar-refractivity contribution >= 4 is 6.03 Å². The van der Waals surface area contributed by atoms with Crippen LogP contribution in [0.2, 0.25) is 0 Å². The summed E-state index contributed by atoms with van der Waals surface area (Å²) < 4.78 is 0. The molecule has 1 aliphatic carbocycles. The second-order valence-corrected chi connectivity index (χ2v) is 3.93. The van der Waals surface area contributed by atoms with Gasteiger partial charge in [-0.3, -0.25) is 0 Å². The molecule has 0 unspecified atom stereocenters. The monoisotopic (exact) mass is 183 g/mol. The molecule has 13 heavy (non-hydrogen) atoms. The Labute approximate surface area is 78.9 Å². The molecule has 0 atom stereocenters. The van der Waals surface area contributed by atoms with Crippen LogP contribution in [-0.2, 0) is 0 Å². The lowest BCUT2D eigenvalue weighted by atomic mass is 10.4. The molecule has 1 N–H and O–H groups in total. The predicted octanol–water partition coefficient (Wildman–Crippen LogP) is 0.106. The van der Waals surface area contributed by atoms with Crippen molar-refractivity contribution in [2.24, 2.45) is 0 Å². The van der Waals surface area contributed by atoms with E-state index < -0.39 is 0 Å². The zero-order valence-corrected chi connectivity index (χ0v) is 8.12. The van der Waals surface area contributed by atoms with Crippen LogP contribution >= 0.6 is 0 Å². The summed E-state index contributed by atoms with van der Waals surface area (Å²) in [6.45, 7) is 3.57. The van der Waals surface area contributed by atoms with Crippen molar-refractivity contribution in [3.63, 3.8) is 0 Å². The summed E-state index contributed by atoms with van der Waals surface area (Å²) >= 11 is 0. The predicted molar refractivity (Wildman–Crippen MR) is 50.6 cm³/mol. The molecule has 1 saturated heterocycles. The molecule has 74 valence electrons. The Morgan fingerprint density at radius 1 is 1.62 bits per heavy atom. The van der Waals surface area contributed by atoms with Crippen LogP contribution in [0, 0.1) is 0 Å². The number of rotatable bonds is 4. The first-order valence-corrected chi connectivity index (χ1v) is 5.00. The van der Waals surface area contributed by atoms with Gasteiger partial charge in [0, 0.05) is 32.2 Å². The van der Waals surface area contributed by atoms with E-state index in [0.717, 1.165) is 32.2 Å². The molecule has 0 aromatic heterocycles. The lowest BCUT2D eigenvalue weighted by Gasteiger charge is -2.20. The molecule has 1 heterocycles. The fourth-order valence-electron chi connectivity index (χ4n) is 1.70. The minimum Gasteiger partial charge on any atom is -0.336 e. The summed E-state index contributed by atoms with van der Waals surface area (Å²) in [5.41, 5.74) is 0. The fraction of sp³-hybridized carbons (Fsp3) is 0.889. The van der Waals surface area contributed by atoms with Crippen LogP contribution in [-0.4, -0.2) is 55.1 Å². The maximum atomic E-state index is 11.2. The van der Waals surface area contributed by atoms with Crippen molar-refractivity contribution in [1.82, 2.24) is 15.1 Å². The van der Waals surface area contributed by atoms with Gasteiger partial charge < -0.3 is 15.1 Å². The number of nitrogens with zero attached hydrogens (tertiary/aromatic N) is 2. The van der Waals surface area contributed by atoms with Crippen LogP contribution in [0.25, 0.3) is 0 Å². The van der Waals surface area contributed by atoms with E-state index in [1.54, 1.807) is 0 Å². The summed E-state index contributed by atoms with van der Waals surface area (Å²) in [6.07, 6.45) is 2.67. The molecule has 2 fully saturated rings. The second kappa shape index (κ2) is 3.54. The first kappa shape index (κ1) is 8.81. The number of carbonyl (C=O) groups excluding carboxylic acids is 1. The van der Waals surface area contributed by atoms with E-state index in [4.69, 9.17) is 0 Å². The summed E-state index contributed by atoms with van der Waals surface area (Å²) in [6, 6.07) is 0.898. The van der Waals surface area contributed by atoms with E-state index in [2.05, 4.69) is 17.3 Å². The molecule has 1 aliphatic heterocycles. The first-order valence-electron chi connectivity index (χ1n) is 5.00. The summed E-state index contributed by atoms with van der Waals surface area (Å²) in [4.78, 5) is 15.4. The van der Waals surface area contributed by atoms with Crippen LogP contribution in [0.1, 0.15) is 12.8 Å². The maximum absolute atomic E-state index is 11.2. The Hall–Kier alpha value is -0.770. The molecule has 0 bridgehead atoms. The molecule has 0 aromatic carbocycles. The quantitative estimate of drug-likeness (QED) is 0.671. The van der Waals surface area contributed by atoms with Crippen LogP contribution in [0.4, 0.5) is 4.79 Å². The van der Waals surface area contributed by atoms with Crippen molar-refractivity contribution in [3.8, 4) is 0 Å². The van der Waals surface area contributed by atoms with Crippen molar-refractivity contribution in [2.45, 2.75) is 18.9 Å². The highest BCUT2D eigenvalue weighted by atomic mass is 16.2. The number of amides is 2. The summed E-state index contributed by atoms with van der Waals surface area (Å²) in [5, 5.41) is 2.81. The highest BCUT2D eigenvalue weighted by molar-refractivity contribution is 5.76. The highest BCUT2D eigenvalue weighted by Crippen LogP contribution is 2.24. The number of hydrogen-bond donors (Lipinski definition) is 1. The molecule has 0 spiro atoms. The van der Waals surface area contributed by atoms with Gasteiger partial charge in [-0.1, -0.05) is 0 Å². The molecule has 0 radical (unpaired) electrons. The third-order valence-electron chi connectivity index (χ3n) is 2.84. The lowest BCUT2D eigenvalue weighted by Crippen LogP contribution is -2.36. The van der Waals surface area contributed by atoms with Gasteiger partial charge in [0.25, 0.3) is 0 Å². The SMILES string of the molecule is CN(CCN1CCNC1=O)C1CC1. The molecule has 4 nitrogen and oxygen atoms in total. The zero-order valence-electron chi connectivity index (χ0n) is 8.12. The van der Waals surface area contributed by atoms with E-state index in [-0.39, 0.29) is 6.03 Å². The van der Waals surface area contributed by atoms with Crippen LogP contribution < -0.4 is 5.32 Å². The molecular weight excluding hydrogens is 166 g/mol. The van der Waals surface area contributed by atoms with Crippen LogP contribution in [0.5, 0.6) is 0 Å². The van der Waals surface area contributed by atoms with Crippen LogP contribution in [0.15, 0.2) is 0 Å². The standard InChI is InChI=1S/C9H17N3O/c1-11(8-2-3-8)6-7-12-5-4-10-9(12)13/h8H,2-7H2,1H3,(H,10,13). The minimum atomic E-state index is 0.101. The van der Waals surface area contributed by atoms with Gasteiger partial charge in [-0.2, -0.15) is 0 Å². The summed E-state index contributed by atoms with van der Waals surface area (Å²) in [5.74, 6) is 0. The van der Waals surface area contributed by atoms with Crippen molar-refractivity contribution in [2.75, 3.05) is 33.2 Å². The smallest absolute Gasteiger partial charge is 0.317 e. The molecule has 2 rings (SSSR count). The van der Waals surface area contributed by atoms with Gasteiger partial charge in [-0.05, 0) is 19.9 Å². The number of likely N-dealkylation sites (N-methyl/N-ethyl adjacent to an activating group) is 1. The van der Waals surface area contributed by atoms with Gasteiger partial charge in [-0.25, -0.2) is 4.79 Å². The minimum absolute atomic E-state index is 0.101. The molecule has 2 aliphatic rings. The number of nitrogens with one attached hydrogen (secondary N) is 1. The highest BCUT2D eigenvalue weighted by Gasteiger charge is 2.27. The molecule has 0 aromatic rings. The molecule has 1 saturated carbocycles. The Morgan fingerprint density at radius 3 is 2.92 bits per heavy atom. The summed E-state index contributed by atoms with van der Waals surface area (Å²) in [7, 11) is 2.14. The second-order valence-electron chi connectivity index (χ2n) is 3.93. The van der Waals surface area contributed by atoms with Gasteiger partial charge in [0.2, 0.25) is 0 Å². The van der Waals surface area contributed by atoms with Gasteiger partial charge in [0.15, 0.2) is 0 Å². The first-order chi connectivity index (χ1) is 6.27. The number of carbonyl (C=O) groups is 1. The van der Waals surface area contributed by atoms with E-state index in [9.17, 15) is 4.79 Å². The largest absolute Gasteiger partial charge is 0.336 e. The van der Waals surface area contributed by atoms with Crippen molar-refractivity contribution < 1.29 is 4.79 Å².